The van der Waals surface area contributed by atoms with Gasteiger partial charge in [0.1, 0.15) is 5.82 Å². The molecule has 1 heterocycles. The summed E-state index contributed by atoms with van der Waals surface area (Å²) in [6.45, 7) is 1.80. The number of carbonyl (C=O) groups excluding carboxylic acids is 1. The molecule has 2 aromatic carbocycles. The number of aromatic nitrogens is 2. The average molecular weight is 419 g/mol. The number of carbonyl (C=O) groups is 2. The van der Waals surface area contributed by atoms with Crippen LogP contribution < -0.4 is 5.32 Å². The van der Waals surface area contributed by atoms with Crippen molar-refractivity contribution in [3.05, 3.63) is 71.3 Å². The van der Waals surface area contributed by atoms with E-state index < -0.39 is 11.4 Å². The second kappa shape index (κ2) is 7.04. The average Bonchev–Trinajstić information content (AvgIpc) is 3.66. The molecular weight excluding hydrogens is 397 g/mol. The highest BCUT2D eigenvalue weighted by atomic mass is 19.1. The molecule has 3 aromatic rings. The standard InChI is InChI=1S/C24H22FN3O3/c1-14-2-7-20(21(25)10-14)24(8-9-24)23(31)27-16-3-6-18(19(11-16)22(29)30)15-12-26-28(13-15)17-4-5-17/h2-3,6-7,10-13,17H,4-5,8-9H2,1H3,(H,27,31)(H,29,30). The molecule has 2 saturated carbocycles. The van der Waals surface area contributed by atoms with Gasteiger partial charge in [0.15, 0.2) is 0 Å². The lowest BCUT2D eigenvalue weighted by Crippen LogP contribution is -2.28. The van der Waals surface area contributed by atoms with Crippen molar-refractivity contribution in [1.29, 1.82) is 0 Å². The molecule has 0 unspecified atom stereocenters. The summed E-state index contributed by atoms with van der Waals surface area (Å²) in [6.07, 6.45) is 6.81. The summed E-state index contributed by atoms with van der Waals surface area (Å²) in [7, 11) is 0. The van der Waals surface area contributed by atoms with Crippen molar-refractivity contribution in [2.45, 2.75) is 44.1 Å². The molecule has 0 radical (unpaired) electrons. The Hall–Kier alpha value is -3.48. The Bertz CT molecular complexity index is 1210. The third-order valence-electron chi connectivity index (χ3n) is 6.17. The summed E-state index contributed by atoms with van der Waals surface area (Å²) in [5.74, 6) is -1.79. The highest BCUT2D eigenvalue weighted by Gasteiger charge is 2.52. The Kier molecular flexibility index (Phi) is 4.43. The zero-order valence-electron chi connectivity index (χ0n) is 17.1. The highest BCUT2D eigenvalue weighted by molar-refractivity contribution is 6.03. The van der Waals surface area contributed by atoms with Crippen molar-refractivity contribution < 1.29 is 19.1 Å². The van der Waals surface area contributed by atoms with Crippen molar-refractivity contribution in [3.63, 3.8) is 0 Å². The first-order valence-electron chi connectivity index (χ1n) is 10.4. The van der Waals surface area contributed by atoms with Crippen LogP contribution in [0.25, 0.3) is 11.1 Å². The van der Waals surface area contributed by atoms with Gasteiger partial charge in [-0.05, 0) is 61.9 Å². The van der Waals surface area contributed by atoms with E-state index in [1.54, 1.807) is 37.4 Å². The van der Waals surface area contributed by atoms with E-state index in [0.29, 0.717) is 35.7 Å². The number of carboxylic acids is 1. The maximum atomic E-state index is 14.5. The molecule has 7 heteroatoms. The van der Waals surface area contributed by atoms with Crippen molar-refractivity contribution >= 4 is 17.6 Å². The second-order valence-corrected chi connectivity index (χ2v) is 8.53. The number of benzene rings is 2. The smallest absolute Gasteiger partial charge is 0.336 e. The summed E-state index contributed by atoms with van der Waals surface area (Å²) in [4.78, 5) is 24.9. The van der Waals surface area contributed by atoms with Crippen molar-refractivity contribution in [2.24, 2.45) is 0 Å². The predicted octanol–water partition coefficient (Wildman–Crippen LogP) is 4.70. The van der Waals surface area contributed by atoms with Gasteiger partial charge < -0.3 is 10.4 Å². The van der Waals surface area contributed by atoms with Crippen LogP contribution >= 0.6 is 0 Å². The van der Waals surface area contributed by atoms with Crippen molar-refractivity contribution in [1.82, 2.24) is 9.78 Å². The minimum atomic E-state index is -1.09. The number of rotatable bonds is 6. The van der Waals surface area contributed by atoms with Gasteiger partial charge in [-0.1, -0.05) is 18.2 Å². The molecule has 2 N–H and O–H groups in total. The van der Waals surface area contributed by atoms with E-state index in [0.717, 1.165) is 24.0 Å². The van der Waals surface area contributed by atoms with E-state index in [1.807, 2.05) is 10.9 Å². The largest absolute Gasteiger partial charge is 0.478 e. The van der Waals surface area contributed by atoms with Crippen molar-refractivity contribution in [2.75, 3.05) is 5.32 Å². The lowest BCUT2D eigenvalue weighted by molar-refractivity contribution is -0.118. The minimum absolute atomic E-state index is 0.0829. The van der Waals surface area contributed by atoms with Gasteiger partial charge in [-0.3, -0.25) is 9.48 Å². The van der Waals surface area contributed by atoms with E-state index in [1.165, 1.54) is 12.1 Å². The topological polar surface area (TPSA) is 84.2 Å². The van der Waals surface area contributed by atoms with E-state index in [-0.39, 0.29) is 17.3 Å². The van der Waals surface area contributed by atoms with Gasteiger partial charge in [0, 0.05) is 23.0 Å². The summed E-state index contributed by atoms with van der Waals surface area (Å²) in [6, 6.07) is 10.1. The number of aryl methyl sites for hydroxylation is 1. The van der Waals surface area contributed by atoms with Gasteiger partial charge >= 0.3 is 5.97 Å². The molecule has 2 aliphatic rings. The molecule has 0 bridgehead atoms. The zero-order chi connectivity index (χ0) is 21.8. The van der Waals surface area contributed by atoms with E-state index >= 15 is 0 Å². The van der Waals surface area contributed by atoms with E-state index in [4.69, 9.17) is 0 Å². The minimum Gasteiger partial charge on any atom is -0.478 e. The number of amides is 1. The molecule has 2 fully saturated rings. The first-order chi connectivity index (χ1) is 14.9. The molecule has 5 rings (SSSR count). The molecule has 1 amide bonds. The van der Waals surface area contributed by atoms with Crippen LogP contribution in [0.3, 0.4) is 0 Å². The fourth-order valence-electron chi connectivity index (χ4n) is 4.07. The summed E-state index contributed by atoms with van der Waals surface area (Å²) in [5, 5.41) is 16.9. The lowest BCUT2D eigenvalue weighted by atomic mass is 9.93. The van der Waals surface area contributed by atoms with Gasteiger partial charge in [-0.15, -0.1) is 0 Å². The number of nitrogens with one attached hydrogen (secondary N) is 1. The molecule has 158 valence electrons. The normalized spacial score (nSPS) is 16.7. The first-order valence-corrected chi connectivity index (χ1v) is 10.4. The van der Waals surface area contributed by atoms with E-state index in [9.17, 15) is 19.1 Å². The van der Waals surface area contributed by atoms with Crippen LogP contribution in [-0.4, -0.2) is 26.8 Å². The quantitative estimate of drug-likeness (QED) is 0.607. The summed E-state index contributed by atoms with van der Waals surface area (Å²) in [5.41, 5.74) is 2.01. The number of anilines is 1. The highest BCUT2D eigenvalue weighted by Crippen LogP contribution is 2.50. The third-order valence-corrected chi connectivity index (χ3v) is 6.17. The zero-order valence-corrected chi connectivity index (χ0v) is 17.1. The van der Waals surface area contributed by atoms with Crippen LogP contribution in [0.5, 0.6) is 0 Å². The van der Waals surface area contributed by atoms with Crippen LogP contribution in [0.1, 0.15) is 53.2 Å². The van der Waals surface area contributed by atoms with Crippen LogP contribution in [0, 0.1) is 12.7 Å². The van der Waals surface area contributed by atoms with Crippen LogP contribution in [-0.2, 0) is 10.2 Å². The molecule has 6 nitrogen and oxygen atoms in total. The number of carboxylic acid groups (broad SMARTS) is 1. The molecule has 0 spiro atoms. The lowest BCUT2D eigenvalue weighted by Gasteiger charge is -2.17. The van der Waals surface area contributed by atoms with Gasteiger partial charge in [0.25, 0.3) is 0 Å². The maximum absolute atomic E-state index is 14.5. The van der Waals surface area contributed by atoms with Crippen LogP contribution in [0.4, 0.5) is 10.1 Å². The number of hydrogen-bond acceptors (Lipinski definition) is 3. The Balaban J connectivity index is 1.42. The summed E-state index contributed by atoms with van der Waals surface area (Å²) < 4.78 is 16.4. The van der Waals surface area contributed by atoms with Crippen LogP contribution in [0.2, 0.25) is 0 Å². The predicted molar refractivity (Wildman–Crippen MR) is 114 cm³/mol. The molecule has 0 aliphatic heterocycles. The number of hydrogen-bond donors (Lipinski definition) is 2. The van der Waals surface area contributed by atoms with Gasteiger partial charge in [-0.25, -0.2) is 9.18 Å². The van der Waals surface area contributed by atoms with Gasteiger partial charge in [-0.2, -0.15) is 5.10 Å². The number of halogens is 1. The molecular formula is C24H22FN3O3. The summed E-state index contributed by atoms with van der Waals surface area (Å²) >= 11 is 0. The van der Waals surface area contributed by atoms with Crippen LogP contribution in [0.15, 0.2) is 48.8 Å². The SMILES string of the molecule is Cc1ccc(C2(C(=O)Nc3ccc(-c4cnn(C5CC5)c4)c(C(=O)O)c3)CC2)c(F)c1. The Morgan fingerprint density at radius 1 is 1.19 bits per heavy atom. The van der Waals surface area contributed by atoms with Crippen molar-refractivity contribution in [3.8, 4) is 11.1 Å². The monoisotopic (exact) mass is 419 g/mol. The number of nitrogens with zero attached hydrogens (tertiary/aromatic N) is 2. The Morgan fingerprint density at radius 2 is 1.97 bits per heavy atom. The van der Waals surface area contributed by atoms with Gasteiger partial charge in [0.05, 0.1) is 23.2 Å². The molecule has 1 aromatic heterocycles. The first kappa shape index (κ1) is 19.5. The van der Waals surface area contributed by atoms with E-state index in [2.05, 4.69) is 10.4 Å². The number of aromatic carboxylic acids is 1. The second-order valence-electron chi connectivity index (χ2n) is 8.53. The Morgan fingerprint density at radius 3 is 2.61 bits per heavy atom. The van der Waals surface area contributed by atoms with Gasteiger partial charge in [0.2, 0.25) is 5.91 Å². The molecule has 0 atom stereocenters. The molecule has 31 heavy (non-hydrogen) atoms. The third kappa shape index (κ3) is 3.50. The fourth-order valence-corrected chi connectivity index (χ4v) is 4.07. The Labute approximate surface area is 178 Å². The molecule has 2 aliphatic carbocycles. The maximum Gasteiger partial charge on any atom is 0.336 e. The molecule has 0 saturated heterocycles. The fraction of sp³-hybridized carbons (Fsp3) is 0.292.